The number of pyridine rings is 1. The molecule has 0 fully saturated rings. The predicted molar refractivity (Wildman–Crippen MR) is 116 cm³/mol. The van der Waals surface area contributed by atoms with Crippen LogP contribution in [0.15, 0.2) is 103 Å². The van der Waals surface area contributed by atoms with Crippen molar-refractivity contribution in [1.82, 2.24) is 9.38 Å². The van der Waals surface area contributed by atoms with Gasteiger partial charge in [0.1, 0.15) is 5.65 Å². The Bertz CT molecular complexity index is 1250. The van der Waals surface area contributed by atoms with E-state index in [4.69, 9.17) is 4.98 Å². The third-order valence-corrected chi connectivity index (χ3v) is 5.06. The molecule has 0 saturated heterocycles. The summed E-state index contributed by atoms with van der Waals surface area (Å²) in [6.45, 7) is 2.13. The summed E-state index contributed by atoms with van der Waals surface area (Å²) < 4.78 is 2.16. The zero-order chi connectivity index (χ0) is 18.9. The molecule has 0 atom stereocenters. The van der Waals surface area contributed by atoms with Crippen molar-refractivity contribution in [2.45, 2.75) is 6.92 Å². The van der Waals surface area contributed by atoms with Gasteiger partial charge in [-0.3, -0.25) is 0 Å². The lowest BCUT2D eigenvalue weighted by molar-refractivity contribution is 1.19. The molecule has 0 aliphatic rings. The van der Waals surface area contributed by atoms with E-state index in [-0.39, 0.29) is 0 Å². The lowest BCUT2D eigenvalue weighted by atomic mass is 10.0. The Balaban J connectivity index is 1.78. The Morgan fingerprint density at radius 1 is 0.607 bits per heavy atom. The molecule has 0 spiro atoms. The van der Waals surface area contributed by atoms with Crippen molar-refractivity contribution < 1.29 is 0 Å². The van der Waals surface area contributed by atoms with Crippen LogP contribution < -0.4 is 0 Å². The molecule has 2 heteroatoms. The van der Waals surface area contributed by atoms with E-state index >= 15 is 0 Å². The molecule has 28 heavy (non-hydrogen) atoms. The van der Waals surface area contributed by atoms with Gasteiger partial charge >= 0.3 is 0 Å². The van der Waals surface area contributed by atoms with E-state index in [9.17, 15) is 0 Å². The average Bonchev–Trinajstić information content (AvgIpc) is 3.18. The number of fused-ring (bicyclic) bond motifs is 1. The fourth-order valence-corrected chi connectivity index (χ4v) is 3.66. The van der Waals surface area contributed by atoms with Crippen LogP contribution in [0.25, 0.3) is 39.2 Å². The normalized spacial score (nSPS) is 11.0. The van der Waals surface area contributed by atoms with Gasteiger partial charge in [-0.2, -0.15) is 0 Å². The molecule has 0 unspecified atom stereocenters. The largest absolute Gasteiger partial charge is 0.305 e. The highest BCUT2D eigenvalue weighted by Gasteiger charge is 2.12. The molecule has 0 aliphatic carbocycles. The zero-order valence-corrected chi connectivity index (χ0v) is 15.7. The van der Waals surface area contributed by atoms with E-state index in [1.807, 2.05) is 12.1 Å². The Morgan fingerprint density at radius 3 is 2.00 bits per heavy atom. The minimum absolute atomic E-state index is 0.976. The first-order valence-corrected chi connectivity index (χ1v) is 9.48. The number of benzene rings is 3. The number of hydrogen-bond donors (Lipinski definition) is 0. The van der Waals surface area contributed by atoms with Crippen LogP contribution in [-0.2, 0) is 0 Å². The predicted octanol–water partition coefficient (Wildman–Crippen LogP) is 6.64. The van der Waals surface area contributed by atoms with Crippen LogP contribution in [0.5, 0.6) is 0 Å². The summed E-state index contributed by atoms with van der Waals surface area (Å²) in [6, 6.07) is 31.7. The average molecular weight is 360 g/mol. The van der Waals surface area contributed by atoms with Crippen molar-refractivity contribution in [1.29, 1.82) is 0 Å². The number of rotatable bonds is 3. The number of nitrogens with zero attached hydrogens (tertiary/aromatic N) is 2. The highest BCUT2D eigenvalue weighted by molar-refractivity contribution is 5.84. The van der Waals surface area contributed by atoms with Crippen LogP contribution in [-0.4, -0.2) is 9.38 Å². The smallest absolute Gasteiger partial charge is 0.145 e. The van der Waals surface area contributed by atoms with Crippen LogP contribution >= 0.6 is 0 Å². The first-order chi connectivity index (χ1) is 13.8. The Labute approximate surface area is 164 Å². The second-order valence-corrected chi connectivity index (χ2v) is 7.10. The van der Waals surface area contributed by atoms with Crippen molar-refractivity contribution in [2.24, 2.45) is 0 Å². The van der Waals surface area contributed by atoms with Gasteiger partial charge in [-0.05, 0) is 29.7 Å². The summed E-state index contributed by atoms with van der Waals surface area (Å²) >= 11 is 0. The maximum Gasteiger partial charge on any atom is 0.145 e. The molecule has 2 nitrogen and oxygen atoms in total. The maximum absolute atomic E-state index is 4.99. The Hall–Kier alpha value is -3.65. The molecule has 3 aromatic carbocycles. The van der Waals surface area contributed by atoms with Crippen molar-refractivity contribution in [3.05, 3.63) is 109 Å². The van der Waals surface area contributed by atoms with Gasteiger partial charge in [0, 0.05) is 23.5 Å². The number of aryl methyl sites for hydroxylation is 1. The number of hydrogen-bond acceptors (Lipinski definition) is 1. The molecular formula is C26H20N2. The standard InChI is InChI=1S/C26H20N2/c1-19-9-8-14-22(15-19)24-16-23(20-10-4-2-5-11-20)17-28-18-25(27-26(24)28)21-12-6-3-7-13-21/h2-18H,1H3. The van der Waals surface area contributed by atoms with E-state index in [1.54, 1.807) is 0 Å². The monoisotopic (exact) mass is 360 g/mol. The number of imidazole rings is 1. The van der Waals surface area contributed by atoms with Crippen LogP contribution in [0.4, 0.5) is 0 Å². The second-order valence-electron chi connectivity index (χ2n) is 7.10. The minimum atomic E-state index is 0.976. The molecule has 2 aromatic heterocycles. The minimum Gasteiger partial charge on any atom is -0.305 e. The zero-order valence-electron chi connectivity index (χ0n) is 15.7. The van der Waals surface area contributed by atoms with Crippen LogP contribution in [0.1, 0.15) is 5.56 Å². The Kier molecular flexibility index (Phi) is 4.02. The summed E-state index contributed by atoms with van der Waals surface area (Å²) in [7, 11) is 0. The summed E-state index contributed by atoms with van der Waals surface area (Å²) in [5, 5.41) is 0. The topological polar surface area (TPSA) is 17.3 Å². The highest BCUT2D eigenvalue weighted by atomic mass is 15.0. The van der Waals surface area contributed by atoms with Gasteiger partial charge in [0.2, 0.25) is 0 Å². The van der Waals surface area contributed by atoms with Gasteiger partial charge < -0.3 is 4.40 Å². The summed E-state index contributed by atoms with van der Waals surface area (Å²) in [5.41, 5.74) is 9.05. The molecule has 0 radical (unpaired) electrons. The van der Waals surface area contributed by atoms with Gasteiger partial charge in [0.05, 0.1) is 5.69 Å². The lowest BCUT2D eigenvalue weighted by Gasteiger charge is -2.09. The molecule has 0 aliphatic heterocycles. The van der Waals surface area contributed by atoms with Gasteiger partial charge in [0.25, 0.3) is 0 Å². The molecule has 5 aromatic rings. The molecule has 134 valence electrons. The van der Waals surface area contributed by atoms with E-state index in [1.165, 1.54) is 22.3 Å². The van der Waals surface area contributed by atoms with Crippen LogP contribution in [0.2, 0.25) is 0 Å². The third-order valence-electron chi connectivity index (χ3n) is 5.06. The molecule has 5 rings (SSSR count). The third kappa shape index (κ3) is 2.99. The maximum atomic E-state index is 4.99. The van der Waals surface area contributed by atoms with Crippen molar-refractivity contribution >= 4 is 5.65 Å². The molecule has 0 N–H and O–H groups in total. The first-order valence-electron chi connectivity index (χ1n) is 9.48. The van der Waals surface area contributed by atoms with E-state index in [2.05, 4.69) is 103 Å². The molecule has 0 bridgehead atoms. The van der Waals surface area contributed by atoms with Gasteiger partial charge in [0.15, 0.2) is 0 Å². The van der Waals surface area contributed by atoms with Crippen molar-refractivity contribution in [3.8, 4) is 33.5 Å². The molecule has 2 heterocycles. The van der Waals surface area contributed by atoms with Crippen LogP contribution in [0.3, 0.4) is 0 Å². The van der Waals surface area contributed by atoms with Gasteiger partial charge in [-0.15, -0.1) is 0 Å². The molecule has 0 saturated carbocycles. The van der Waals surface area contributed by atoms with Crippen molar-refractivity contribution in [2.75, 3.05) is 0 Å². The Morgan fingerprint density at radius 2 is 1.29 bits per heavy atom. The van der Waals surface area contributed by atoms with E-state index in [0.717, 1.165) is 22.5 Å². The lowest BCUT2D eigenvalue weighted by Crippen LogP contribution is -1.91. The fraction of sp³-hybridized carbons (Fsp3) is 0.0385. The molecule has 0 amide bonds. The quantitative estimate of drug-likeness (QED) is 0.352. The fourth-order valence-electron chi connectivity index (χ4n) is 3.66. The highest BCUT2D eigenvalue weighted by Crippen LogP contribution is 2.32. The van der Waals surface area contributed by atoms with Crippen LogP contribution in [0, 0.1) is 6.92 Å². The number of aromatic nitrogens is 2. The summed E-state index contributed by atoms with van der Waals surface area (Å²) in [5.74, 6) is 0. The molecular weight excluding hydrogens is 340 g/mol. The summed E-state index contributed by atoms with van der Waals surface area (Å²) in [6.07, 6.45) is 4.29. The first kappa shape index (κ1) is 16.5. The van der Waals surface area contributed by atoms with E-state index in [0.29, 0.717) is 0 Å². The van der Waals surface area contributed by atoms with E-state index < -0.39 is 0 Å². The van der Waals surface area contributed by atoms with Gasteiger partial charge in [-0.25, -0.2) is 4.98 Å². The van der Waals surface area contributed by atoms with Crippen molar-refractivity contribution in [3.63, 3.8) is 0 Å². The second kappa shape index (κ2) is 6.82. The van der Waals surface area contributed by atoms with Gasteiger partial charge in [-0.1, -0.05) is 90.5 Å². The summed E-state index contributed by atoms with van der Waals surface area (Å²) in [4.78, 5) is 4.99. The SMILES string of the molecule is Cc1cccc(-c2cc(-c3ccccc3)cn3cc(-c4ccccc4)nc23)c1.